The van der Waals surface area contributed by atoms with Crippen LogP contribution in [0.1, 0.15) is 24.6 Å². The third-order valence-corrected chi connectivity index (χ3v) is 4.29. The molecular formula is C21H30N2O2. The van der Waals surface area contributed by atoms with Crippen LogP contribution >= 0.6 is 0 Å². The van der Waals surface area contributed by atoms with Crippen molar-refractivity contribution in [3.63, 3.8) is 0 Å². The number of pyridine rings is 1. The molecule has 2 heterocycles. The van der Waals surface area contributed by atoms with Gasteiger partial charge in [-0.15, -0.1) is 0 Å². The number of hydrogen-bond donors (Lipinski definition) is 0. The molecule has 0 saturated carbocycles. The first-order chi connectivity index (χ1) is 12.2. The fraction of sp³-hybridized carbons (Fsp3) is 0.476. The van der Waals surface area contributed by atoms with E-state index in [1.54, 1.807) is 7.11 Å². The summed E-state index contributed by atoms with van der Waals surface area (Å²) in [5.41, 5.74) is 2.40. The summed E-state index contributed by atoms with van der Waals surface area (Å²) in [5, 5.41) is 0. The van der Waals surface area contributed by atoms with Crippen molar-refractivity contribution in [3.8, 4) is 5.75 Å². The van der Waals surface area contributed by atoms with Crippen molar-refractivity contribution in [1.29, 1.82) is 0 Å². The number of rotatable bonds is 6. The highest BCUT2D eigenvalue weighted by atomic mass is 16.5. The third-order valence-electron chi connectivity index (χ3n) is 4.29. The molecule has 4 heteroatoms. The molecule has 0 N–H and O–H groups in total. The molecule has 136 valence electrons. The van der Waals surface area contributed by atoms with Crippen molar-refractivity contribution in [2.24, 2.45) is 5.92 Å². The zero-order valence-corrected chi connectivity index (χ0v) is 15.6. The lowest BCUT2D eigenvalue weighted by molar-refractivity contribution is 0.111. The number of aryl methyl sites for hydroxylation is 1. The molecule has 4 nitrogen and oxygen atoms in total. The highest BCUT2D eigenvalue weighted by molar-refractivity contribution is 5.20. The molecule has 1 aliphatic heterocycles. The highest BCUT2D eigenvalue weighted by Crippen LogP contribution is 2.18. The molecule has 1 aromatic carbocycles. The van der Waals surface area contributed by atoms with Gasteiger partial charge in [-0.05, 0) is 56.5 Å². The topological polar surface area (TPSA) is 34.6 Å². The number of hydrogen-bond acceptors (Lipinski definition) is 4. The Morgan fingerprint density at radius 1 is 1.16 bits per heavy atom. The lowest BCUT2D eigenvalue weighted by Gasteiger charge is -2.15. The maximum Gasteiger partial charge on any atom is 0.118 e. The zero-order valence-electron chi connectivity index (χ0n) is 15.6. The molecule has 0 bridgehead atoms. The van der Waals surface area contributed by atoms with Crippen molar-refractivity contribution in [2.75, 3.05) is 33.4 Å². The van der Waals surface area contributed by atoms with E-state index in [-0.39, 0.29) is 0 Å². The molecule has 2 aromatic rings. The van der Waals surface area contributed by atoms with E-state index >= 15 is 0 Å². The molecule has 25 heavy (non-hydrogen) atoms. The molecule has 1 atom stereocenters. The van der Waals surface area contributed by atoms with E-state index in [0.717, 1.165) is 37.7 Å². The lowest BCUT2D eigenvalue weighted by Crippen LogP contribution is -2.21. The molecule has 3 rings (SSSR count). The van der Waals surface area contributed by atoms with Crippen LogP contribution in [0.5, 0.6) is 5.75 Å². The summed E-state index contributed by atoms with van der Waals surface area (Å²) < 4.78 is 10.4. The second-order valence-electron chi connectivity index (χ2n) is 6.37. The third kappa shape index (κ3) is 7.24. The Hall–Kier alpha value is -1.91. The van der Waals surface area contributed by atoms with E-state index < -0.39 is 0 Å². The molecule has 1 aromatic heterocycles. The summed E-state index contributed by atoms with van der Waals surface area (Å²) in [6, 6.07) is 13.9. The van der Waals surface area contributed by atoms with Gasteiger partial charge in [-0.3, -0.25) is 9.88 Å². The number of benzene rings is 1. The van der Waals surface area contributed by atoms with Crippen LogP contribution in [0.25, 0.3) is 0 Å². The second kappa shape index (κ2) is 10.9. The SMILES string of the molecule is CCOCC1CCN(Cc2ccc(C)nc2)C1.COc1ccccc1. The molecule has 1 aliphatic rings. The summed E-state index contributed by atoms with van der Waals surface area (Å²) in [5.74, 6) is 1.63. The van der Waals surface area contributed by atoms with Crippen molar-refractivity contribution >= 4 is 0 Å². The largest absolute Gasteiger partial charge is 0.497 e. The standard InChI is InChI=1S/C14H22N2O.C7H8O/c1-3-17-11-14-6-7-16(10-14)9-13-5-4-12(2)15-8-13;1-8-7-5-3-2-4-6-7/h4-5,8,14H,3,6-7,9-11H2,1-2H3;2-6H,1H3. The average Bonchev–Trinajstić information content (AvgIpc) is 3.10. The van der Waals surface area contributed by atoms with Crippen molar-refractivity contribution in [3.05, 3.63) is 59.9 Å². The maximum absolute atomic E-state index is 5.49. The minimum atomic E-state index is 0.716. The van der Waals surface area contributed by atoms with Gasteiger partial charge in [0.15, 0.2) is 0 Å². The predicted octanol–water partition coefficient (Wildman–Crippen LogP) is 3.94. The summed E-state index contributed by atoms with van der Waals surface area (Å²) >= 11 is 0. The van der Waals surface area contributed by atoms with Crippen LogP contribution in [0, 0.1) is 12.8 Å². The summed E-state index contributed by atoms with van der Waals surface area (Å²) in [6.07, 6.45) is 3.25. The Labute approximate surface area is 151 Å². The van der Waals surface area contributed by atoms with Crippen molar-refractivity contribution in [1.82, 2.24) is 9.88 Å². The van der Waals surface area contributed by atoms with Gasteiger partial charge in [0.25, 0.3) is 0 Å². The molecule has 0 spiro atoms. The van der Waals surface area contributed by atoms with E-state index in [1.165, 1.54) is 18.5 Å². The number of nitrogens with zero attached hydrogens (tertiary/aromatic N) is 2. The fourth-order valence-corrected chi connectivity index (χ4v) is 2.88. The van der Waals surface area contributed by atoms with E-state index in [2.05, 4.69) is 28.9 Å². The van der Waals surface area contributed by atoms with Gasteiger partial charge in [0.2, 0.25) is 0 Å². The molecular weight excluding hydrogens is 312 g/mol. The van der Waals surface area contributed by atoms with E-state index in [4.69, 9.17) is 9.47 Å². The second-order valence-corrected chi connectivity index (χ2v) is 6.37. The Morgan fingerprint density at radius 3 is 2.56 bits per heavy atom. The first-order valence-electron chi connectivity index (χ1n) is 9.02. The van der Waals surface area contributed by atoms with Gasteiger partial charge in [-0.2, -0.15) is 0 Å². The normalized spacial score (nSPS) is 17.0. The summed E-state index contributed by atoms with van der Waals surface area (Å²) in [4.78, 5) is 6.83. The minimum Gasteiger partial charge on any atom is -0.497 e. The predicted molar refractivity (Wildman–Crippen MR) is 102 cm³/mol. The molecule has 0 amide bonds. The minimum absolute atomic E-state index is 0.716. The number of para-hydroxylation sites is 1. The molecule has 1 unspecified atom stereocenters. The lowest BCUT2D eigenvalue weighted by atomic mass is 10.1. The van der Waals surface area contributed by atoms with Gasteiger partial charge in [-0.25, -0.2) is 0 Å². The van der Waals surface area contributed by atoms with E-state index in [1.807, 2.05) is 43.5 Å². The first-order valence-corrected chi connectivity index (χ1v) is 9.02. The molecule has 0 aliphatic carbocycles. The number of ether oxygens (including phenoxy) is 2. The van der Waals surface area contributed by atoms with Crippen LogP contribution in [0.15, 0.2) is 48.7 Å². The van der Waals surface area contributed by atoms with Crippen LogP contribution in [0.3, 0.4) is 0 Å². The number of likely N-dealkylation sites (tertiary alicyclic amines) is 1. The number of aromatic nitrogens is 1. The maximum atomic E-state index is 5.49. The Balaban J connectivity index is 0.000000236. The van der Waals surface area contributed by atoms with Crippen LogP contribution in [-0.2, 0) is 11.3 Å². The molecule has 0 radical (unpaired) electrons. The quantitative estimate of drug-likeness (QED) is 0.796. The van der Waals surface area contributed by atoms with Crippen LogP contribution < -0.4 is 4.74 Å². The van der Waals surface area contributed by atoms with Gasteiger partial charge < -0.3 is 9.47 Å². The van der Waals surface area contributed by atoms with Crippen LogP contribution in [-0.4, -0.2) is 43.3 Å². The Kier molecular flexibility index (Phi) is 8.43. The fourth-order valence-electron chi connectivity index (χ4n) is 2.88. The zero-order chi connectivity index (χ0) is 17.9. The first kappa shape index (κ1) is 19.4. The van der Waals surface area contributed by atoms with Gasteiger partial charge in [0.05, 0.1) is 13.7 Å². The molecule has 1 fully saturated rings. The molecule has 1 saturated heterocycles. The van der Waals surface area contributed by atoms with E-state index in [9.17, 15) is 0 Å². The summed E-state index contributed by atoms with van der Waals surface area (Å²) in [7, 11) is 1.66. The van der Waals surface area contributed by atoms with E-state index in [0.29, 0.717) is 5.92 Å². The van der Waals surface area contributed by atoms with Crippen molar-refractivity contribution in [2.45, 2.75) is 26.8 Å². The van der Waals surface area contributed by atoms with Gasteiger partial charge in [0, 0.05) is 31.6 Å². The number of methoxy groups -OCH3 is 1. The summed E-state index contributed by atoms with van der Waals surface area (Å²) in [6.45, 7) is 9.20. The monoisotopic (exact) mass is 342 g/mol. The van der Waals surface area contributed by atoms with Gasteiger partial charge >= 0.3 is 0 Å². The van der Waals surface area contributed by atoms with Crippen LogP contribution in [0.2, 0.25) is 0 Å². The van der Waals surface area contributed by atoms with Crippen LogP contribution in [0.4, 0.5) is 0 Å². The van der Waals surface area contributed by atoms with Gasteiger partial charge in [-0.1, -0.05) is 24.3 Å². The highest BCUT2D eigenvalue weighted by Gasteiger charge is 2.22. The Bertz CT molecular complexity index is 587. The average molecular weight is 342 g/mol. The van der Waals surface area contributed by atoms with Gasteiger partial charge in [0.1, 0.15) is 5.75 Å². The van der Waals surface area contributed by atoms with Crippen molar-refractivity contribution < 1.29 is 9.47 Å². The smallest absolute Gasteiger partial charge is 0.118 e. The Morgan fingerprint density at radius 2 is 1.96 bits per heavy atom.